The summed E-state index contributed by atoms with van der Waals surface area (Å²) in [6, 6.07) is 13.5. The van der Waals surface area contributed by atoms with E-state index in [0.717, 1.165) is 13.1 Å². The molecule has 1 aliphatic rings. The smallest absolute Gasteiger partial charge is 0.0900 e. The van der Waals surface area contributed by atoms with E-state index in [4.69, 9.17) is 4.74 Å². The van der Waals surface area contributed by atoms with Gasteiger partial charge >= 0.3 is 0 Å². The summed E-state index contributed by atoms with van der Waals surface area (Å²) >= 11 is 0. The lowest BCUT2D eigenvalue weighted by Crippen LogP contribution is -2.42. The zero-order valence-corrected chi connectivity index (χ0v) is 16.8. The van der Waals surface area contributed by atoms with Crippen LogP contribution in [0.15, 0.2) is 42.6 Å². The number of aryl methyl sites for hydroxylation is 1. The van der Waals surface area contributed by atoms with Crippen molar-refractivity contribution < 1.29 is 9.84 Å². The number of ether oxygens (including phenoxy) is 1. The highest BCUT2D eigenvalue weighted by atomic mass is 16.5. The Bertz CT molecular complexity index is 691. The van der Waals surface area contributed by atoms with Gasteiger partial charge in [0.25, 0.3) is 0 Å². The van der Waals surface area contributed by atoms with Crippen molar-refractivity contribution in [3.05, 3.63) is 59.4 Å². The minimum atomic E-state index is -0.434. The molecule has 27 heavy (non-hydrogen) atoms. The molecule has 4 heteroatoms. The molecule has 1 aromatic heterocycles. The van der Waals surface area contributed by atoms with Crippen molar-refractivity contribution in [3.8, 4) is 0 Å². The van der Waals surface area contributed by atoms with Gasteiger partial charge in [0, 0.05) is 44.7 Å². The van der Waals surface area contributed by atoms with Gasteiger partial charge in [0.15, 0.2) is 0 Å². The van der Waals surface area contributed by atoms with Gasteiger partial charge in [-0.05, 0) is 43.0 Å². The van der Waals surface area contributed by atoms with Crippen molar-refractivity contribution in [2.24, 2.45) is 0 Å². The largest absolute Gasteiger partial charge is 0.389 e. The molecule has 1 saturated carbocycles. The van der Waals surface area contributed by atoms with Crippen LogP contribution in [-0.4, -0.2) is 47.0 Å². The average Bonchev–Trinajstić information content (AvgIpc) is 3.11. The van der Waals surface area contributed by atoms with E-state index in [0.29, 0.717) is 19.2 Å². The Kier molecular flexibility index (Phi) is 7.50. The molecular weight excluding hydrogens is 336 g/mol. The molecule has 1 N–H and O–H groups in total. The number of nitrogens with zero attached hydrogens (tertiary/aromatic N) is 2. The fraction of sp³-hybridized carbons (Fsp3) is 0.565. The van der Waals surface area contributed by atoms with Gasteiger partial charge in [-0.15, -0.1) is 0 Å². The van der Waals surface area contributed by atoms with Gasteiger partial charge in [0.1, 0.15) is 0 Å². The third-order valence-electron chi connectivity index (χ3n) is 5.79. The molecule has 0 spiro atoms. The first-order valence-corrected chi connectivity index (χ1v) is 10.3. The number of aromatic nitrogens is 1. The van der Waals surface area contributed by atoms with Gasteiger partial charge in [-0.1, -0.05) is 43.5 Å². The third-order valence-corrected chi connectivity index (χ3v) is 5.79. The molecule has 3 rings (SSSR count). The maximum atomic E-state index is 10.3. The molecule has 148 valence electrons. The molecule has 0 radical (unpaired) electrons. The van der Waals surface area contributed by atoms with E-state index in [9.17, 15) is 5.11 Å². The fourth-order valence-electron chi connectivity index (χ4n) is 4.23. The van der Waals surface area contributed by atoms with Gasteiger partial charge in [0.05, 0.1) is 12.7 Å². The molecule has 1 aliphatic carbocycles. The van der Waals surface area contributed by atoms with Crippen molar-refractivity contribution in [2.75, 3.05) is 20.3 Å². The van der Waals surface area contributed by atoms with E-state index in [1.807, 2.05) is 0 Å². The number of methoxy groups -OCH3 is 1. The first-order chi connectivity index (χ1) is 13.2. The molecule has 1 fully saturated rings. The highest BCUT2D eigenvalue weighted by Gasteiger charge is 2.24. The summed E-state index contributed by atoms with van der Waals surface area (Å²) in [5.41, 5.74) is 4.00. The summed E-state index contributed by atoms with van der Waals surface area (Å²) in [7, 11) is 1.65. The second-order valence-electron chi connectivity index (χ2n) is 7.88. The van der Waals surface area contributed by atoms with Crippen LogP contribution in [0.1, 0.15) is 48.9 Å². The Morgan fingerprint density at radius 3 is 2.67 bits per heavy atom. The maximum Gasteiger partial charge on any atom is 0.0900 e. The van der Waals surface area contributed by atoms with E-state index >= 15 is 0 Å². The number of aliphatic hydroxyl groups excluding tert-OH is 1. The molecule has 0 amide bonds. The number of rotatable bonds is 9. The first kappa shape index (κ1) is 20.1. The fourth-order valence-corrected chi connectivity index (χ4v) is 4.23. The van der Waals surface area contributed by atoms with Crippen LogP contribution in [0.3, 0.4) is 0 Å². The minimum absolute atomic E-state index is 0.396. The molecular formula is C23H34N2O2. The number of hydrogen-bond acceptors (Lipinski definition) is 3. The molecule has 0 saturated heterocycles. The number of hydrogen-bond donors (Lipinski definition) is 1. The van der Waals surface area contributed by atoms with E-state index in [-0.39, 0.29) is 0 Å². The Labute approximate surface area is 163 Å². The molecule has 0 bridgehead atoms. The van der Waals surface area contributed by atoms with E-state index < -0.39 is 6.10 Å². The van der Waals surface area contributed by atoms with Crippen LogP contribution in [0.2, 0.25) is 0 Å². The van der Waals surface area contributed by atoms with Gasteiger partial charge in [-0.2, -0.15) is 0 Å². The monoisotopic (exact) mass is 370 g/mol. The van der Waals surface area contributed by atoms with Crippen LogP contribution in [0.4, 0.5) is 0 Å². The molecule has 0 aliphatic heterocycles. The second-order valence-corrected chi connectivity index (χ2v) is 7.88. The third kappa shape index (κ3) is 5.68. The summed E-state index contributed by atoms with van der Waals surface area (Å²) in [5, 5.41) is 10.3. The van der Waals surface area contributed by atoms with E-state index in [1.165, 1.54) is 48.9 Å². The highest BCUT2D eigenvalue weighted by Crippen LogP contribution is 2.25. The summed E-state index contributed by atoms with van der Waals surface area (Å²) in [4.78, 5) is 2.48. The van der Waals surface area contributed by atoms with E-state index in [1.54, 1.807) is 7.11 Å². The van der Waals surface area contributed by atoms with Crippen LogP contribution in [0, 0.1) is 6.92 Å². The lowest BCUT2D eigenvalue weighted by molar-refractivity contribution is 0.0174. The first-order valence-electron chi connectivity index (χ1n) is 10.3. The van der Waals surface area contributed by atoms with Crippen LogP contribution < -0.4 is 0 Å². The lowest BCUT2D eigenvalue weighted by atomic mass is 9.94. The summed E-state index contributed by atoms with van der Waals surface area (Å²) < 4.78 is 7.51. The molecule has 2 aromatic rings. The zero-order valence-electron chi connectivity index (χ0n) is 16.8. The SMILES string of the molecule is COC[C@@H](O)CN(Cc1cccn1Cc1ccccc1C)C1CCCCC1. The van der Waals surface area contributed by atoms with Crippen molar-refractivity contribution in [1.82, 2.24) is 9.47 Å². The van der Waals surface area contributed by atoms with Gasteiger partial charge < -0.3 is 14.4 Å². The molecule has 1 aromatic carbocycles. The van der Waals surface area contributed by atoms with Gasteiger partial charge in [0.2, 0.25) is 0 Å². The minimum Gasteiger partial charge on any atom is -0.389 e. The lowest BCUT2D eigenvalue weighted by Gasteiger charge is -2.35. The van der Waals surface area contributed by atoms with Crippen LogP contribution >= 0.6 is 0 Å². The quantitative estimate of drug-likeness (QED) is 0.725. The Hall–Kier alpha value is -1.62. The summed E-state index contributed by atoms with van der Waals surface area (Å²) in [6.07, 6.45) is 8.14. The summed E-state index contributed by atoms with van der Waals surface area (Å²) in [5.74, 6) is 0. The average molecular weight is 371 g/mol. The number of benzene rings is 1. The Morgan fingerprint density at radius 2 is 1.93 bits per heavy atom. The van der Waals surface area contributed by atoms with Gasteiger partial charge in [-0.3, -0.25) is 4.90 Å². The molecule has 1 heterocycles. The molecule has 4 nitrogen and oxygen atoms in total. The summed E-state index contributed by atoms with van der Waals surface area (Å²) in [6.45, 7) is 5.02. The Balaban J connectivity index is 1.73. The highest BCUT2D eigenvalue weighted by molar-refractivity contribution is 5.26. The van der Waals surface area contributed by atoms with Crippen molar-refractivity contribution in [1.29, 1.82) is 0 Å². The van der Waals surface area contributed by atoms with Gasteiger partial charge in [-0.25, -0.2) is 0 Å². The zero-order chi connectivity index (χ0) is 19.1. The predicted octanol–water partition coefficient (Wildman–Crippen LogP) is 3.99. The van der Waals surface area contributed by atoms with Crippen molar-refractivity contribution in [2.45, 2.75) is 64.3 Å². The number of aliphatic hydroxyl groups is 1. The van der Waals surface area contributed by atoms with Crippen molar-refractivity contribution >= 4 is 0 Å². The Morgan fingerprint density at radius 1 is 1.15 bits per heavy atom. The molecule has 1 atom stereocenters. The van der Waals surface area contributed by atoms with Crippen molar-refractivity contribution in [3.63, 3.8) is 0 Å². The molecule has 0 unspecified atom stereocenters. The van der Waals surface area contributed by atoms with Crippen LogP contribution in [-0.2, 0) is 17.8 Å². The predicted molar refractivity (Wildman–Crippen MR) is 110 cm³/mol. The topological polar surface area (TPSA) is 37.6 Å². The maximum absolute atomic E-state index is 10.3. The van der Waals surface area contributed by atoms with Crippen LogP contribution in [0.5, 0.6) is 0 Å². The van der Waals surface area contributed by atoms with Crippen LogP contribution in [0.25, 0.3) is 0 Å². The second kappa shape index (κ2) is 10.1. The normalized spacial score (nSPS) is 16.7. The standard InChI is InChI=1S/C23H34N2O2/c1-19-9-6-7-10-20(19)15-24-14-8-13-22(24)16-25(17-23(26)18-27-2)21-11-4-3-5-12-21/h6-10,13-14,21,23,26H,3-5,11-12,15-18H2,1-2H3/t23-/m0/s1. The van der Waals surface area contributed by atoms with E-state index in [2.05, 4.69) is 59.0 Å².